The third kappa shape index (κ3) is 6.83. The molecule has 1 fully saturated rings. The van der Waals surface area contributed by atoms with E-state index in [4.69, 9.17) is 17.0 Å². The second kappa shape index (κ2) is 12.0. The van der Waals surface area contributed by atoms with E-state index in [1.807, 2.05) is 70.9 Å². The lowest BCUT2D eigenvalue weighted by atomic mass is 10.0. The highest BCUT2D eigenvalue weighted by Crippen LogP contribution is 2.21. The topological polar surface area (TPSA) is 73.9 Å². The number of rotatable bonds is 7. The van der Waals surface area contributed by atoms with Gasteiger partial charge in [0.05, 0.1) is 4.88 Å². The van der Waals surface area contributed by atoms with Crippen LogP contribution >= 0.6 is 23.6 Å². The zero-order chi connectivity index (χ0) is 25.5. The molecule has 1 aliphatic heterocycles. The number of anilines is 2. The third-order valence-corrected chi connectivity index (χ3v) is 7.02. The van der Waals surface area contributed by atoms with Gasteiger partial charge in [-0.3, -0.25) is 14.9 Å². The zero-order valence-corrected chi connectivity index (χ0v) is 22.0. The minimum Gasteiger partial charge on any atom is -0.484 e. The Balaban J connectivity index is 1.20. The predicted octanol–water partition coefficient (Wildman–Crippen LogP) is 4.73. The molecule has 0 aliphatic carbocycles. The van der Waals surface area contributed by atoms with Crippen molar-refractivity contribution in [2.75, 3.05) is 43.0 Å². The molecule has 2 heterocycles. The summed E-state index contributed by atoms with van der Waals surface area (Å²) in [6.45, 7) is 7.07. The Morgan fingerprint density at radius 3 is 2.31 bits per heavy atom. The predicted molar refractivity (Wildman–Crippen MR) is 149 cm³/mol. The van der Waals surface area contributed by atoms with Crippen molar-refractivity contribution >= 4 is 51.9 Å². The van der Waals surface area contributed by atoms with E-state index in [2.05, 4.69) is 29.4 Å². The number of hydrogen-bond acceptors (Lipinski definition) is 6. The maximum atomic E-state index is 12.5. The molecule has 0 atom stereocenters. The van der Waals surface area contributed by atoms with Gasteiger partial charge in [-0.2, -0.15) is 0 Å². The van der Waals surface area contributed by atoms with Crippen molar-refractivity contribution in [3.8, 4) is 5.75 Å². The Hall–Kier alpha value is -3.43. The van der Waals surface area contributed by atoms with Gasteiger partial charge in [0.25, 0.3) is 11.8 Å². The summed E-state index contributed by atoms with van der Waals surface area (Å²) in [6.07, 6.45) is 0. The molecular weight excluding hydrogens is 492 g/mol. The standard InChI is InChI=1S/C27H30N4O3S2/c1-19(2)20-5-11-23(12-6-20)34-18-25(32)29-27(35)28-21-7-9-22(10-8-21)30-13-15-31(16-14-30)26(33)24-4-3-17-36-24/h3-12,17,19H,13-16,18H2,1-2H3,(H2,28,29,32,35). The normalized spacial score (nSPS) is 13.4. The molecule has 0 spiro atoms. The van der Waals surface area contributed by atoms with E-state index in [0.717, 1.165) is 29.3 Å². The van der Waals surface area contributed by atoms with Crippen LogP contribution in [0.3, 0.4) is 0 Å². The van der Waals surface area contributed by atoms with Crippen molar-refractivity contribution in [1.29, 1.82) is 0 Å². The van der Waals surface area contributed by atoms with Gasteiger partial charge in [-0.15, -0.1) is 11.3 Å². The molecule has 1 aromatic heterocycles. The number of ether oxygens (including phenoxy) is 1. The number of thiocarbonyl (C=S) groups is 1. The molecule has 0 saturated carbocycles. The SMILES string of the molecule is CC(C)c1ccc(OCC(=O)NC(=S)Nc2ccc(N3CCN(C(=O)c4cccs4)CC3)cc2)cc1. The number of amides is 2. The van der Waals surface area contributed by atoms with Crippen LogP contribution in [-0.4, -0.2) is 54.6 Å². The van der Waals surface area contributed by atoms with Gasteiger partial charge >= 0.3 is 0 Å². The van der Waals surface area contributed by atoms with Crippen LogP contribution in [0.1, 0.15) is 35.0 Å². The fraction of sp³-hybridized carbons (Fsp3) is 0.296. The van der Waals surface area contributed by atoms with E-state index in [1.54, 1.807) is 0 Å². The molecular formula is C27H30N4O3S2. The molecule has 3 aromatic rings. The van der Waals surface area contributed by atoms with Gasteiger partial charge in [0.1, 0.15) is 5.75 Å². The van der Waals surface area contributed by atoms with Crippen LogP contribution < -0.4 is 20.3 Å². The largest absolute Gasteiger partial charge is 0.484 e. The van der Waals surface area contributed by atoms with Crippen LogP contribution in [-0.2, 0) is 4.79 Å². The number of carbonyl (C=O) groups is 2. The van der Waals surface area contributed by atoms with Crippen LogP contribution in [0.4, 0.5) is 11.4 Å². The van der Waals surface area contributed by atoms with Gasteiger partial charge in [0, 0.05) is 37.6 Å². The average Bonchev–Trinajstić information content (AvgIpc) is 3.43. The van der Waals surface area contributed by atoms with Gasteiger partial charge in [-0.1, -0.05) is 32.0 Å². The van der Waals surface area contributed by atoms with E-state index < -0.39 is 0 Å². The molecule has 36 heavy (non-hydrogen) atoms. The Morgan fingerprint density at radius 1 is 1.00 bits per heavy atom. The molecule has 0 bridgehead atoms. The Bertz CT molecular complexity index is 1170. The molecule has 2 amide bonds. The van der Waals surface area contributed by atoms with Crippen molar-refractivity contribution in [2.45, 2.75) is 19.8 Å². The highest BCUT2D eigenvalue weighted by Gasteiger charge is 2.22. The van der Waals surface area contributed by atoms with Crippen molar-refractivity contribution in [2.24, 2.45) is 0 Å². The summed E-state index contributed by atoms with van der Waals surface area (Å²) in [6, 6.07) is 19.4. The number of benzene rings is 2. The minimum absolute atomic E-state index is 0.106. The van der Waals surface area contributed by atoms with Crippen LogP contribution in [0.15, 0.2) is 66.0 Å². The lowest BCUT2D eigenvalue weighted by Crippen LogP contribution is -2.48. The zero-order valence-electron chi connectivity index (χ0n) is 20.4. The lowest BCUT2D eigenvalue weighted by molar-refractivity contribution is -0.121. The lowest BCUT2D eigenvalue weighted by Gasteiger charge is -2.36. The molecule has 0 radical (unpaired) electrons. The van der Waals surface area contributed by atoms with Gasteiger partial charge in [0.15, 0.2) is 11.7 Å². The van der Waals surface area contributed by atoms with Crippen molar-refractivity contribution in [3.05, 3.63) is 76.5 Å². The van der Waals surface area contributed by atoms with Crippen molar-refractivity contribution in [1.82, 2.24) is 10.2 Å². The molecule has 0 unspecified atom stereocenters. The van der Waals surface area contributed by atoms with Gasteiger partial charge in [-0.25, -0.2) is 0 Å². The highest BCUT2D eigenvalue weighted by atomic mass is 32.1. The molecule has 4 rings (SSSR count). The monoisotopic (exact) mass is 522 g/mol. The Kier molecular flexibility index (Phi) is 8.56. The van der Waals surface area contributed by atoms with Gasteiger partial charge in [-0.05, 0) is 71.5 Å². The summed E-state index contributed by atoms with van der Waals surface area (Å²) in [4.78, 5) is 29.7. The molecule has 2 aromatic carbocycles. The van der Waals surface area contributed by atoms with E-state index in [-0.39, 0.29) is 23.5 Å². The maximum Gasteiger partial charge on any atom is 0.264 e. The maximum absolute atomic E-state index is 12.5. The van der Waals surface area contributed by atoms with E-state index in [9.17, 15) is 9.59 Å². The van der Waals surface area contributed by atoms with Gasteiger partial charge in [0.2, 0.25) is 0 Å². The summed E-state index contributed by atoms with van der Waals surface area (Å²) in [7, 11) is 0. The average molecular weight is 523 g/mol. The number of hydrogen-bond donors (Lipinski definition) is 2. The van der Waals surface area contributed by atoms with E-state index in [1.165, 1.54) is 16.9 Å². The number of carbonyl (C=O) groups excluding carboxylic acids is 2. The molecule has 188 valence electrons. The number of nitrogens with one attached hydrogen (secondary N) is 2. The fourth-order valence-corrected chi connectivity index (χ4v) is 4.82. The summed E-state index contributed by atoms with van der Waals surface area (Å²) >= 11 is 6.75. The fourth-order valence-electron chi connectivity index (χ4n) is 3.90. The van der Waals surface area contributed by atoms with Crippen LogP contribution in [0, 0.1) is 0 Å². The molecule has 2 N–H and O–H groups in total. The Labute approximate surface area is 221 Å². The van der Waals surface area contributed by atoms with E-state index in [0.29, 0.717) is 24.8 Å². The van der Waals surface area contributed by atoms with E-state index >= 15 is 0 Å². The highest BCUT2D eigenvalue weighted by molar-refractivity contribution is 7.80. The summed E-state index contributed by atoms with van der Waals surface area (Å²) in [5, 5.41) is 7.82. The second-order valence-corrected chi connectivity index (χ2v) is 10.2. The smallest absolute Gasteiger partial charge is 0.264 e. The summed E-state index contributed by atoms with van der Waals surface area (Å²) < 4.78 is 5.55. The number of thiophene rings is 1. The number of nitrogens with zero attached hydrogens (tertiary/aromatic N) is 2. The third-order valence-electron chi connectivity index (χ3n) is 5.96. The first-order chi connectivity index (χ1) is 17.4. The first-order valence-corrected chi connectivity index (χ1v) is 13.2. The van der Waals surface area contributed by atoms with Crippen molar-refractivity contribution < 1.29 is 14.3 Å². The van der Waals surface area contributed by atoms with Crippen LogP contribution in [0.2, 0.25) is 0 Å². The first kappa shape index (κ1) is 25.7. The van der Waals surface area contributed by atoms with Gasteiger partial charge < -0.3 is 19.9 Å². The second-order valence-electron chi connectivity index (χ2n) is 8.82. The molecule has 7 nitrogen and oxygen atoms in total. The first-order valence-electron chi connectivity index (χ1n) is 11.9. The quantitative estimate of drug-likeness (QED) is 0.437. The molecule has 1 aliphatic rings. The molecule has 1 saturated heterocycles. The summed E-state index contributed by atoms with van der Waals surface area (Å²) in [5.41, 5.74) is 3.08. The minimum atomic E-state index is -0.327. The van der Waals surface area contributed by atoms with Crippen molar-refractivity contribution in [3.63, 3.8) is 0 Å². The Morgan fingerprint density at radius 2 is 1.69 bits per heavy atom. The van der Waals surface area contributed by atoms with Crippen LogP contribution in [0.5, 0.6) is 5.75 Å². The summed E-state index contributed by atoms with van der Waals surface area (Å²) in [5.74, 6) is 0.860. The van der Waals surface area contributed by atoms with Crippen LogP contribution in [0.25, 0.3) is 0 Å². The number of piperazine rings is 1. The molecule has 9 heteroatoms.